The van der Waals surface area contributed by atoms with E-state index in [9.17, 15) is 4.79 Å². The van der Waals surface area contributed by atoms with E-state index in [1.54, 1.807) is 6.07 Å². The molecule has 7 heteroatoms. The normalized spacial score (nSPS) is 19.1. The molecule has 0 aliphatic carbocycles. The number of halogens is 1. The lowest BCUT2D eigenvalue weighted by Crippen LogP contribution is -2.24. The molecule has 1 atom stereocenters. The van der Waals surface area contributed by atoms with Crippen molar-refractivity contribution in [3.63, 3.8) is 0 Å². The SMILES string of the molecule is NC(=O)c1cnc(N2CCC[C@@H]2c2ccc3c(c2)OCCO3)c(Cl)c1. The molecule has 2 aromatic rings. The van der Waals surface area contributed by atoms with Crippen molar-refractivity contribution < 1.29 is 14.3 Å². The Balaban J connectivity index is 1.66. The number of rotatable bonds is 3. The molecule has 1 amide bonds. The number of hydrogen-bond acceptors (Lipinski definition) is 5. The summed E-state index contributed by atoms with van der Waals surface area (Å²) in [5, 5.41) is 0.431. The van der Waals surface area contributed by atoms with Gasteiger partial charge in [-0.2, -0.15) is 0 Å². The van der Waals surface area contributed by atoms with Crippen molar-refractivity contribution >= 4 is 23.3 Å². The van der Waals surface area contributed by atoms with Crippen LogP contribution in [0.3, 0.4) is 0 Å². The average Bonchev–Trinajstić information content (AvgIpc) is 3.10. The Hall–Kier alpha value is -2.47. The van der Waals surface area contributed by atoms with E-state index in [1.165, 1.54) is 6.20 Å². The third kappa shape index (κ3) is 2.98. The molecule has 1 saturated heterocycles. The van der Waals surface area contributed by atoms with Gasteiger partial charge in [-0.15, -0.1) is 0 Å². The molecule has 0 bridgehead atoms. The summed E-state index contributed by atoms with van der Waals surface area (Å²) in [6.45, 7) is 1.99. The second-order valence-corrected chi connectivity index (χ2v) is 6.56. The number of hydrogen-bond donors (Lipinski definition) is 1. The predicted molar refractivity (Wildman–Crippen MR) is 94.5 cm³/mol. The minimum Gasteiger partial charge on any atom is -0.486 e. The van der Waals surface area contributed by atoms with Crippen LogP contribution in [0.1, 0.15) is 34.8 Å². The van der Waals surface area contributed by atoms with Crippen molar-refractivity contribution in [3.05, 3.63) is 46.6 Å². The van der Waals surface area contributed by atoms with Gasteiger partial charge in [0.2, 0.25) is 5.91 Å². The second kappa shape index (κ2) is 6.44. The lowest BCUT2D eigenvalue weighted by Gasteiger charge is -2.28. The standard InChI is InChI=1S/C18H18ClN3O3/c19-13-8-12(17(20)23)10-21-18(13)22-5-1-2-14(22)11-3-4-15-16(9-11)25-7-6-24-15/h3-4,8-10,14H,1-2,5-7H2,(H2,20,23)/t14-/m1/s1. The number of nitrogens with zero attached hydrogens (tertiary/aromatic N) is 2. The van der Waals surface area contributed by atoms with Gasteiger partial charge in [-0.25, -0.2) is 4.98 Å². The lowest BCUT2D eigenvalue weighted by atomic mass is 10.0. The van der Waals surface area contributed by atoms with E-state index in [-0.39, 0.29) is 6.04 Å². The molecule has 1 aromatic heterocycles. The van der Waals surface area contributed by atoms with Gasteiger partial charge in [0.25, 0.3) is 0 Å². The van der Waals surface area contributed by atoms with Gasteiger partial charge in [0.05, 0.1) is 16.6 Å². The summed E-state index contributed by atoms with van der Waals surface area (Å²) in [5.74, 6) is 1.69. The van der Waals surface area contributed by atoms with Crippen LogP contribution in [0, 0.1) is 0 Å². The van der Waals surface area contributed by atoms with Gasteiger partial charge in [0.15, 0.2) is 11.5 Å². The Morgan fingerprint density at radius 2 is 2.04 bits per heavy atom. The molecule has 1 aromatic carbocycles. The molecule has 2 aliphatic rings. The number of fused-ring (bicyclic) bond motifs is 1. The number of aromatic nitrogens is 1. The van der Waals surface area contributed by atoms with Crippen molar-refractivity contribution in [2.45, 2.75) is 18.9 Å². The molecular formula is C18H18ClN3O3. The van der Waals surface area contributed by atoms with Gasteiger partial charge < -0.3 is 20.1 Å². The van der Waals surface area contributed by atoms with E-state index < -0.39 is 5.91 Å². The highest BCUT2D eigenvalue weighted by Gasteiger charge is 2.30. The molecule has 6 nitrogen and oxygen atoms in total. The third-order valence-corrected chi connectivity index (χ3v) is 4.86. The van der Waals surface area contributed by atoms with Crippen molar-refractivity contribution in [2.24, 2.45) is 5.73 Å². The number of carbonyl (C=O) groups excluding carboxylic acids is 1. The maximum Gasteiger partial charge on any atom is 0.250 e. The Morgan fingerprint density at radius 3 is 2.80 bits per heavy atom. The van der Waals surface area contributed by atoms with E-state index in [4.69, 9.17) is 26.8 Å². The van der Waals surface area contributed by atoms with Gasteiger partial charge in [-0.3, -0.25) is 4.79 Å². The lowest BCUT2D eigenvalue weighted by molar-refractivity contribution is 0.1000. The molecule has 0 unspecified atom stereocenters. The minimum atomic E-state index is -0.536. The molecule has 25 heavy (non-hydrogen) atoms. The van der Waals surface area contributed by atoms with Gasteiger partial charge in [0, 0.05) is 12.7 Å². The van der Waals surface area contributed by atoms with Gasteiger partial charge in [0.1, 0.15) is 19.0 Å². The molecule has 0 spiro atoms. The molecular weight excluding hydrogens is 342 g/mol. The topological polar surface area (TPSA) is 77.7 Å². The second-order valence-electron chi connectivity index (χ2n) is 6.15. The number of amides is 1. The van der Waals surface area contributed by atoms with Crippen molar-refractivity contribution in [3.8, 4) is 11.5 Å². The summed E-state index contributed by atoms with van der Waals surface area (Å²) in [5.41, 5.74) is 6.74. The molecule has 3 heterocycles. The van der Waals surface area contributed by atoms with E-state index in [2.05, 4.69) is 16.0 Å². The molecule has 130 valence electrons. The average molecular weight is 360 g/mol. The van der Waals surface area contributed by atoms with Crippen LogP contribution in [0.25, 0.3) is 0 Å². The van der Waals surface area contributed by atoms with E-state index in [0.29, 0.717) is 29.6 Å². The van der Waals surface area contributed by atoms with Crippen LogP contribution in [-0.4, -0.2) is 30.6 Å². The smallest absolute Gasteiger partial charge is 0.250 e. The molecule has 2 N–H and O–H groups in total. The Kier molecular flexibility index (Phi) is 4.13. The maximum atomic E-state index is 11.3. The first kappa shape index (κ1) is 16.0. The van der Waals surface area contributed by atoms with Crippen LogP contribution >= 0.6 is 11.6 Å². The molecule has 4 rings (SSSR count). The molecule has 1 fully saturated rings. The molecule has 0 radical (unpaired) electrons. The quantitative estimate of drug-likeness (QED) is 0.911. The summed E-state index contributed by atoms with van der Waals surface area (Å²) in [6.07, 6.45) is 3.51. The fraction of sp³-hybridized carbons (Fsp3) is 0.333. The highest BCUT2D eigenvalue weighted by Crippen LogP contribution is 2.41. The largest absolute Gasteiger partial charge is 0.486 e. The number of nitrogens with two attached hydrogens (primary N) is 1. The van der Waals surface area contributed by atoms with Crippen LogP contribution in [-0.2, 0) is 0 Å². The number of primary amides is 1. The fourth-order valence-electron chi connectivity index (χ4n) is 3.41. The van der Waals surface area contributed by atoms with Crippen molar-refractivity contribution in [1.82, 2.24) is 4.98 Å². The van der Waals surface area contributed by atoms with Gasteiger partial charge in [-0.05, 0) is 36.6 Å². The molecule has 0 saturated carbocycles. The van der Waals surface area contributed by atoms with Crippen LogP contribution in [0.5, 0.6) is 11.5 Å². The summed E-state index contributed by atoms with van der Waals surface area (Å²) in [4.78, 5) is 17.8. The number of anilines is 1. The molecule has 2 aliphatic heterocycles. The zero-order valence-electron chi connectivity index (χ0n) is 13.6. The van der Waals surface area contributed by atoms with Crippen LogP contribution < -0.4 is 20.1 Å². The summed E-state index contributed by atoms with van der Waals surface area (Å²) >= 11 is 6.37. The van der Waals surface area contributed by atoms with Crippen molar-refractivity contribution in [2.75, 3.05) is 24.7 Å². The maximum absolute atomic E-state index is 11.3. The van der Waals surface area contributed by atoms with Gasteiger partial charge in [-0.1, -0.05) is 17.7 Å². The number of carbonyl (C=O) groups is 1. The van der Waals surface area contributed by atoms with Gasteiger partial charge >= 0.3 is 0 Å². The highest BCUT2D eigenvalue weighted by molar-refractivity contribution is 6.33. The summed E-state index contributed by atoms with van der Waals surface area (Å²) < 4.78 is 11.3. The predicted octanol–water partition coefficient (Wildman–Crippen LogP) is 2.95. The first-order valence-corrected chi connectivity index (χ1v) is 8.63. The van der Waals surface area contributed by atoms with Crippen LogP contribution in [0.4, 0.5) is 5.82 Å². The first-order valence-electron chi connectivity index (χ1n) is 8.25. The Labute approximate surface area is 150 Å². The van der Waals surface area contributed by atoms with E-state index >= 15 is 0 Å². The van der Waals surface area contributed by atoms with E-state index in [1.807, 2.05) is 12.1 Å². The van der Waals surface area contributed by atoms with Crippen molar-refractivity contribution in [1.29, 1.82) is 0 Å². The zero-order chi connectivity index (χ0) is 17.4. The van der Waals surface area contributed by atoms with E-state index in [0.717, 1.165) is 36.4 Å². The highest BCUT2D eigenvalue weighted by atomic mass is 35.5. The summed E-state index contributed by atoms with van der Waals surface area (Å²) in [6, 6.07) is 7.77. The Morgan fingerprint density at radius 1 is 1.24 bits per heavy atom. The number of benzene rings is 1. The fourth-order valence-corrected chi connectivity index (χ4v) is 3.69. The third-order valence-electron chi connectivity index (χ3n) is 4.58. The zero-order valence-corrected chi connectivity index (χ0v) is 14.3. The number of ether oxygens (including phenoxy) is 2. The first-order chi connectivity index (χ1) is 12.1. The minimum absolute atomic E-state index is 0.153. The summed E-state index contributed by atoms with van der Waals surface area (Å²) in [7, 11) is 0. The van der Waals surface area contributed by atoms with Crippen LogP contribution in [0.15, 0.2) is 30.5 Å². The number of pyridine rings is 1. The van der Waals surface area contributed by atoms with Crippen LogP contribution in [0.2, 0.25) is 5.02 Å². The Bertz CT molecular complexity index is 827. The monoisotopic (exact) mass is 359 g/mol.